The van der Waals surface area contributed by atoms with Gasteiger partial charge in [0.15, 0.2) is 0 Å². The normalized spacial score (nSPS) is 12.7. The van der Waals surface area contributed by atoms with E-state index in [4.69, 9.17) is 51.1 Å². The van der Waals surface area contributed by atoms with Crippen LogP contribution in [0.3, 0.4) is 0 Å². The molecule has 0 fully saturated rings. The second-order valence-corrected chi connectivity index (χ2v) is 4.33. The molecule has 0 radical (unpaired) electrons. The number of hydrogen-bond acceptors (Lipinski definition) is 2. The number of unbranched alkanes of at least 4 members (excludes halogenated alkanes) is 1. The molecule has 2 nitrogen and oxygen atoms in total. The van der Waals surface area contributed by atoms with Crippen molar-refractivity contribution in [3.63, 3.8) is 0 Å². The van der Waals surface area contributed by atoms with Gasteiger partial charge >= 0.3 is 5.97 Å². The second-order valence-electron chi connectivity index (χ2n) is 2.45. The van der Waals surface area contributed by atoms with Crippen LogP contribution in [-0.4, -0.2) is 17.4 Å². The highest BCUT2D eigenvalue weighted by molar-refractivity contribution is 6.56. The number of esters is 1. The molecule has 0 spiro atoms. The van der Waals surface area contributed by atoms with Crippen LogP contribution < -0.4 is 0 Å². The molecule has 0 N–H and O–H groups in total. The average Bonchev–Trinajstić information content (AvgIpc) is 2.15. The third kappa shape index (κ3) is 5.30. The first kappa shape index (κ1) is 14.4. The minimum absolute atomic E-state index is 0.114. The summed E-state index contributed by atoms with van der Waals surface area (Å²) in [6.07, 6.45) is 1.70. The van der Waals surface area contributed by atoms with Crippen LogP contribution in [0, 0.1) is 0 Å². The number of ether oxygens (including phenoxy) is 1. The topological polar surface area (TPSA) is 26.3 Å². The van der Waals surface area contributed by atoms with Gasteiger partial charge in [0.05, 0.1) is 11.6 Å². The molecule has 0 aromatic carbocycles. The van der Waals surface area contributed by atoms with Crippen LogP contribution >= 0.6 is 46.4 Å². The van der Waals surface area contributed by atoms with Gasteiger partial charge in [0.2, 0.25) is 0 Å². The van der Waals surface area contributed by atoms with Crippen molar-refractivity contribution in [1.29, 1.82) is 0 Å². The monoisotopic (exact) mass is 278 g/mol. The molecule has 14 heavy (non-hydrogen) atoms. The van der Waals surface area contributed by atoms with Gasteiger partial charge in [-0.1, -0.05) is 59.7 Å². The van der Waals surface area contributed by atoms with E-state index in [1.165, 1.54) is 0 Å². The van der Waals surface area contributed by atoms with Crippen LogP contribution in [0.2, 0.25) is 0 Å². The van der Waals surface area contributed by atoms with Gasteiger partial charge in [0, 0.05) is 0 Å². The maximum Gasteiger partial charge on any atom is 0.351 e. The lowest BCUT2D eigenvalue weighted by atomic mass is 10.4. The molecule has 0 heterocycles. The zero-order valence-electron chi connectivity index (χ0n) is 7.53. The Morgan fingerprint density at radius 3 is 2.36 bits per heavy atom. The number of alkyl halides is 2. The van der Waals surface area contributed by atoms with Crippen LogP contribution in [0.25, 0.3) is 0 Å². The van der Waals surface area contributed by atoms with Gasteiger partial charge in [-0.3, -0.25) is 0 Å². The fraction of sp³-hybridized carbons (Fsp3) is 0.625. The minimum atomic E-state index is -1.01. The molecular weight excluding hydrogens is 270 g/mol. The molecule has 0 amide bonds. The lowest BCUT2D eigenvalue weighted by Gasteiger charge is -2.05. The van der Waals surface area contributed by atoms with Crippen LogP contribution in [-0.2, 0) is 9.53 Å². The minimum Gasteiger partial charge on any atom is -0.461 e. The van der Waals surface area contributed by atoms with Crippen molar-refractivity contribution in [1.82, 2.24) is 0 Å². The summed E-state index contributed by atoms with van der Waals surface area (Å²) in [5, 5.41) is -0.380. The predicted octanol–water partition coefficient (Wildman–Crippen LogP) is 3.82. The third-order valence-corrected chi connectivity index (χ3v) is 2.83. The van der Waals surface area contributed by atoms with E-state index >= 15 is 0 Å². The Balaban J connectivity index is 4.17. The molecule has 0 saturated heterocycles. The van der Waals surface area contributed by atoms with Crippen molar-refractivity contribution < 1.29 is 9.53 Å². The van der Waals surface area contributed by atoms with Crippen molar-refractivity contribution in [3.05, 3.63) is 10.1 Å². The number of carbonyl (C=O) groups is 1. The van der Waals surface area contributed by atoms with Gasteiger partial charge in [-0.15, -0.1) is 0 Å². The zero-order chi connectivity index (χ0) is 11.1. The van der Waals surface area contributed by atoms with E-state index in [1.54, 1.807) is 0 Å². The van der Waals surface area contributed by atoms with E-state index < -0.39 is 10.8 Å². The highest BCUT2D eigenvalue weighted by Gasteiger charge is 2.17. The number of halogens is 4. The summed E-state index contributed by atoms with van der Waals surface area (Å²) in [6.45, 7) is 2.29. The Bertz CT molecular complexity index is 225. The molecule has 0 saturated carbocycles. The molecule has 0 aromatic rings. The lowest BCUT2D eigenvalue weighted by molar-refractivity contribution is -0.138. The van der Waals surface area contributed by atoms with Gasteiger partial charge in [0.25, 0.3) is 0 Å². The number of carbonyl (C=O) groups excluding carboxylic acids is 1. The third-order valence-electron chi connectivity index (χ3n) is 1.31. The van der Waals surface area contributed by atoms with Gasteiger partial charge in [0.1, 0.15) is 9.87 Å². The summed E-state index contributed by atoms with van der Waals surface area (Å²) in [5.41, 5.74) is 0. The molecule has 82 valence electrons. The molecular formula is C8H10Cl4O2. The van der Waals surface area contributed by atoms with E-state index in [0.717, 1.165) is 12.8 Å². The van der Waals surface area contributed by atoms with Gasteiger partial charge in [-0.05, 0) is 6.42 Å². The second kappa shape index (κ2) is 7.63. The molecule has 6 heteroatoms. The Hall–Kier alpha value is 0.370. The zero-order valence-corrected chi connectivity index (χ0v) is 10.6. The summed E-state index contributed by atoms with van der Waals surface area (Å²) in [4.78, 5) is 10.1. The van der Waals surface area contributed by atoms with Crippen LogP contribution in [0.1, 0.15) is 19.8 Å². The van der Waals surface area contributed by atoms with Crippen molar-refractivity contribution in [2.75, 3.05) is 6.61 Å². The Labute approximate surface area is 103 Å². The van der Waals surface area contributed by atoms with Crippen molar-refractivity contribution in [2.45, 2.75) is 24.6 Å². The summed E-state index contributed by atoms with van der Waals surface area (Å²) in [5.74, 6) is -0.698. The molecule has 0 aliphatic heterocycles. The first-order valence-electron chi connectivity index (χ1n) is 4.01. The smallest absolute Gasteiger partial charge is 0.351 e. The van der Waals surface area contributed by atoms with Crippen molar-refractivity contribution in [3.8, 4) is 0 Å². The summed E-state index contributed by atoms with van der Waals surface area (Å²) in [6, 6.07) is 0. The van der Waals surface area contributed by atoms with Gasteiger partial charge < -0.3 is 4.74 Å². The molecule has 0 aliphatic rings. The van der Waals surface area contributed by atoms with E-state index in [0.29, 0.717) is 6.61 Å². The molecule has 0 rings (SSSR count). The van der Waals surface area contributed by atoms with Crippen molar-refractivity contribution >= 4 is 52.4 Å². The molecule has 0 unspecified atom stereocenters. The predicted molar refractivity (Wildman–Crippen MR) is 60.1 cm³/mol. The standard InChI is InChI=1S/C8H10Cl4O2/c1-2-3-4-14-8(13)6(10)5(9)7(11)12/h7H,2-4H2,1H3. The fourth-order valence-corrected chi connectivity index (χ4v) is 1.14. The summed E-state index contributed by atoms with van der Waals surface area (Å²) >= 11 is 21.9. The maximum absolute atomic E-state index is 11.1. The van der Waals surface area contributed by atoms with E-state index in [1.807, 2.05) is 6.92 Å². The summed E-state index contributed by atoms with van der Waals surface area (Å²) in [7, 11) is 0. The molecule has 0 aromatic heterocycles. The average molecular weight is 280 g/mol. The highest BCUT2D eigenvalue weighted by Crippen LogP contribution is 2.25. The number of hydrogen-bond donors (Lipinski definition) is 0. The van der Waals surface area contributed by atoms with Gasteiger partial charge in [-0.25, -0.2) is 4.79 Å². The largest absolute Gasteiger partial charge is 0.461 e. The maximum atomic E-state index is 11.1. The number of rotatable bonds is 5. The highest BCUT2D eigenvalue weighted by atomic mass is 35.5. The van der Waals surface area contributed by atoms with Crippen molar-refractivity contribution in [2.24, 2.45) is 0 Å². The first-order chi connectivity index (χ1) is 6.50. The quantitative estimate of drug-likeness (QED) is 0.331. The van der Waals surface area contributed by atoms with Crippen LogP contribution in [0.15, 0.2) is 10.1 Å². The van der Waals surface area contributed by atoms with E-state index in [2.05, 4.69) is 0 Å². The SMILES string of the molecule is CCCCOC(=O)C(Cl)=C(Cl)C(Cl)Cl. The fourth-order valence-electron chi connectivity index (χ4n) is 0.566. The van der Waals surface area contributed by atoms with E-state index in [-0.39, 0.29) is 10.1 Å². The lowest BCUT2D eigenvalue weighted by Crippen LogP contribution is -2.08. The van der Waals surface area contributed by atoms with Gasteiger partial charge in [-0.2, -0.15) is 0 Å². The first-order valence-corrected chi connectivity index (χ1v) is 5.64. The Morgan fingerprint density at radius 2 is 1.93 bits per heavy atom. The number of allylic oxidation sites excluding steroid dienone is 1. The molecule has 0 bridgehead atoms. The van der Waals surface area contributed by atoms with Crippen LogP contribution in [0.4, 0.5) is 0 Å². The van der Waals surface area contributed by atoms with Crippen LogP contribution in [0.5, 0.6) is 0 Å². The Kier molecular flexibility index (Phi) is 7.84. The molecule has 0 aliphatic carbocycles. The Morgan fingerprint density at radius 1 is 1.36 bits per heavy atom. The summed E-state index contributed by atoms with van der Waals surface area (Å²) < 4.78 is 4.79. The van der Waals surface area contributed by atoms with E-state index in [9.17, 15) is 4.79 Å². The molecule has 0 atom stereocenters.